The second kappa shape index (κ2) is 8.43. The maximum atomic E-state index is 5.94. The van der Waals surface area contributed by atoms with Crippen LogP contribution in [0, 0.1) is 0 Å². The summed E-state index contributed by atoms with van der Waals surface area (Å²) in [7, 11) is 0. The fourth-order valence-corrected chi connectivity index (χ4v) is 3.24. The number of anilines is 2. The van der Waals surface area contributed by atoms with Crippen molar-refractivity contribution < 1.29 is 19.4 Å². The Morgan fingerprint density at radius 2 is 0.774 bits per heavy atom. The third kappa shape index (κ3) is 5.57. The average molecular weight is 423 g/mol. The Morgan fingerprint density at radius 3 is 1.03 bits per heavy atom. The van der Waals surface area contributed by atoms with Crippen molar-refractivity contribution in [3.05, 3.63) is 59.7 Å². The molecule has 0 aliphatic heterocycles. The Kier molecular flexibility index (Phi) is 5.32. The van der Waals surface area contributed by atoms with Crippen LogP contribution in [0.4, 0.5) is 11.4 Å². The minimum atomic E-state index is 0.310. The van der Waals surface area contributed by atoms with E-state index in [1.807, 2.05) is 0 Å². The second-order valence-corrected chi connectivity index (χ2v) is 9.24. The van der Waals surface area contributed by atoms with Crippen molar-refractivity contribution in [2.45, 2.75) is 82.2 Å². The van der Waals surface area contributed by atoms with Gasteiger partial charge in [0.05, 0.1) is 35.8 Å². The van der Waals surface area contributed by atoms with Gasteiger partial charge < -0.3 is 0 Å². The average Bonchev–Trinajstić information content (AvgIpc) is 3.63. The van der Waals surface area contributed by atoms with Gasteiger partial charge in [-0.1, -0.05) is 24.3 Å². The molecule has 0 spiro atoms. The van der Waals surface area contributed by atoms with Gasteiger partial charge in [-0.05, 0) is 93.2 Å². The first kappa shape index (κ1) is 19.6. The topological polar surface area (TPSA) is 43.4 Å². The van der Waals surface area contributed by atoms with Gasteiger partial charge in [0.2, 0.25) is 0 Å². The summed E-state index contributed by atoms with van der Waals surface area (Å²) in [6, 6.07) is 17.0. The third-order valence-corrected chi connectivity index (χ3v) is 5.78. The molecule has 0 atom stereocenters. The summed E-state index contributed by atoms with van der Waals surface area (Å²) in [5, 5.41) is 3.28. The predicted octanol–water partition coefficient (Wildman–Crippen LogP) is 5.27. The lowest BCUT2D eigenvalue weighted by atomic mass is 10.0. The fourth-order valence-electron chi connectivity index (χ4n) is 3.24. The molecule has 4 fully saturated rings. The van der Waals surface area contributed by atoms with Gasteiger partial charge in [0, 0.05) is 0 Å². The van der Waals surface area contributed by atoms with Crippen LogP contribution in [0.1, 0.15) is 62.5 Å². The van der Waals surface area contributed by atoms with E-state index in [9.17, 15) is 0 Å². The second-order valence-electron chi connectivity index (χ2n) is 9.24. The van der Waals surface area contributed by atoms with E-state index in [-0.39, 0.29) is 0 Å². The van der Waals surface area contributed by atoms with Crippen molar-refractivity contribution >= 4 is 11.4 Å². The van der Waals surface area contributed by atoms with E-state index >= 15 is 0 Å². The molecule has 31 heavy (non-hydrogen) atoms. The Balaban J connectivity index is 1.08. The van der Waals surface area contributed by atoms with Crippen molar-refractivity contribution in [3.63, 3.8) is 0 Å². The smallest absolute Gasteiger partial charge is 0.0947 e. The van der Waals surface area contributed by atoms with Crippen molar-refractivity contribution in [1.82, 2.24) is 0 Å². The first-order valence-corrected chi connectivity index (χ1v) is 11.7. The number of rotatable bonds is 12. The molecule has 0 bridgehead atoms. The number of benzene rings is 2. The van der Waals surface area contributed by atoms with E-state index in [0.717, 1.165) is 69.2 Å². The summed E-state index contributed by atoms with van der Waals surface area (Å²) >= 11 is 0. The lowest BCUT2D eigenvalue weighted by Crippen LogP contribution is -2.26. The quantitative estimate of drug-likeness (QED) is 0.435. The molecule has 6 rings (SSSR count). The summed E-state index contributed by atoms with van der Waals surface area (Å²) in [6.07, 6.45) is 11.1. The molecule has 0 aromatic heterocycles. The van der Waals surface area contributed by atoms with Gasteiger partial charge in [0.15, 0.2) is 0 Å². The lowest BCUT2D eigenvalue weighted by molar-refractivity contribution is -0.105. The zero-order chi connectivity index (χ0) is 20.6. The van der Waals surface area contributed by atoms with Crippen LogP contribution in [0.5, 0.6) is 0 Å². The third-order valence-electron chi connectivity index (χ3n) is 5.78. The zero-order valence-corrected chi connectivity index (χ0v) is 17.8. The van der Waals surface area contributed by atoms with Crippen LogP contribution >= 0.6 is 0 Å². The summed E-state index contributed by atoms with van der Waals surface area (Å²) in [5.74, 6) is 0. The maximum Gasteiger partial charge on any atom is 0.0947 e. The van der Waals surface area contributed by atoms with E-state index < -0.39 is 0 Å². The molecule has 4 saturated carbocycles. The Hall–Kier alpha value is -2.12. The van der Waals surface area contributed by atoms with Gasteiger partial charge >= 0.3 is 0 Å². The van der Waals surface area contributed by atoms with E-state index in [2.05, 4.69) is 48.5 Å². The van der Waals surface area contributed by atoms with Gasteiger partial charge in [-0.3, -0.25) is 0 Å². The minimum Gasteiger partial charge on any atom is -0.245 e. The Morgan fingerprint density at radius 1 is 0.484 bits per heavy atom. The van der Waals surface area contributed by atoms with Crippen LogP contribution in [-0.4, -0.2) is 24.4 Å². The van der Waals surface area contributed by atoms with Crippen LogP contribution in [0.15, 0.2) is 48.5 Å². The van der Waals surface area contributed by atoms with E-state index in [1.165, 1.54) is 11.1 Å². The summed E-state index contributed by atoms with van der Waals surface area (Å²) in [5.41, 5.74) is 4.44. The number of nitrogens with zero attached hydrogens (tertiary/aromatic N) is 2. The monoisotopic (exact) mass is 422 g/mol. The number of hydrogen-bond donors (Lipinski definition) is 0. The van der Waals surface area contributed by atoms with Crippen molar-refractivity contribution in [2.75, 3.05) is 10.5 Å². The molecule has 2 aromatic rings. The number of hydrogen-bond acceptors (Lipinski definition) is 6. The predicted molar refractivity (Wildman–Crippen MR) is 117 cm³/mol. The van der Waals surface area contributed by atoms with Gasteiger partial charge in [-0.15, -0.1) is 10.5 Å². The lowest BCUT2D eigenvalue weighted by Gasteiger charge is -2.23. The largest absolute Gasteiger partial charge is 0.245 e. The normalized spacial score (nSPS) is 20.6. The molecule has 0 radical (unpaired) electrons. The van der Waals surface area contributed by atoms with Crippen molar-refractivity contribution in [2.24, 2.45) is 0 Å². The first-order chi connectivity index (χ1) is 15.3. The van der Waals surface area contributed by atoms with Crippen LogP contribution in [0.3, 0.4) is 0 Å². The van der Waals surface area contributed by atoms with Gasteiger partial charge in [-0.2, -0.15) is 0 Å². The molecule has 0 unspecified atom stereocenters. The maximum absolute atomic E-state index is 5.94. The molecule has 2 aromatic carbocycles. The molecule has 164 valence electrons. The zero-order valence-electron chi connectivity index (χ0n) is 17.8. The highest BCUT2D eigenvalue weighted by atomic mass is 17.0. The summed E-state index contributed by atoms with van der Waals surface area (Å²) in [4.78, 5) is 23.8. The van der Waals surface area contributed by atoms with Gasteiger partial charge in [0.25, 0.3) is 0 Å². The SMILES string of the molecule is c1cc(N(OC2CC2)OC2CC2)ccc1Cc1ccc(N(OC2CC2)OC2CC2)cc1. The molecular formula is C25H30N2O4. The Labute approximate surface area is 183 Å². The van der Waals surface area contributed by atoms with Crippen LogP contribution in [0.2, 0.25) is 0 Å². The molecule has 0 heterocycles. The molecule has 4 aliphatic carbocycles. The van der Waals surface area contributed by atoms with E-state index in [0.29, 0.717) is 24.4 Å². The first-order valence-electron chi connectivity index (χ1n) is 11.7. The highest BCUT2D eigenvalue weighted by Crippen LogP contribution is 2.34. The van der Waals surface area contributed by atoms with Gasteiger partial charge in [0.1, 0.15) is 0 Å². The van der Waals surface area contributed by atoms with Crippen LogP contribution in [-0.2, 0) is 25.8 Å². The van der Waals surface area contributed by atoms with Crippen molar-refractivity contribution in [3.8, 4) is 0 Å². The standard InChI is InChI=1S/C25H30N2O4/c1-5-20(26(28-22-9-10-22)29-23-11-12-23)6-2-18(1)17-19-3-7-21(8-4-19)27(30-24-13-14-24)31-25-15-16-25/h1-8,22-25H,9-17H2. The Bertz CT molecular complexity index is 770. The molecule has 0 amide bonds. The molecule has 6 heteroatoms. The summed E-state index contributed by atoms with van der Waals surface area (Å²) in [6.45, 7) is 0. The molecule has 4 aliphatic rings. The van der Waals surface area contributed by atoms with Crippen LogP contribution in [0.25, 0.3) is 0 Å². The molecule has 0 saturated heterocycles. The fraction of sp³-hybridized carbons (Fsp3) is 0.520. The van der Waals surface area contributed by atoms with E-state index in [4.69, 9.17) is 19.4 Å². The molecule has 0 N–H and O–H groups in total. The highest BCUT2D eigenvalue weighted by molar-refractivity contribution is 5.47. The van der Waals surface area contributed by atoms with Gasteiger partial charge in [-0.25, -0.2) is 19.4 Å². The molecule has 6 nitrogen and oxygen atoms in total. The van der Waals surface area contributed by atoms with Crippen LogP contribution < -0.4 is 10.5 Å². The molecular weight excluding hydrogens is 392 g/mol. The minimum absolute atomic E-state index is 0.310. The highest BCUT2D eigenvalue weighted by Gasteiger charge is 2.32. The van der Waals surface area contributed by atoms with Crippen molar-refractivity contribution in [1.29, 1.82) is 0 Å². The summed E-state index contributed by atoms with van der Waals surface area (Å²) < 4.78 is 0. The van der Waals surface area contributed by atoms with E-state index in [1.54, 1.807) is 10.5 Å².